The van der Waals surface area contributed by atoms with Crippen molar-refractivity contribution in [3.63, 3.8) is 0 Å². The van der Waals surface area contributed by atoms with Crippen LogP contribution in [0.1, 0.15) is 42.3 Å². The van der Waals surface area contributed by atoms with E-state index in [0.717, 1.165) is 28.2 Å². The Labute approximate surface area is 166 Å². The van der Waals surface area contributed by atoms with Gasteiger partial charge in [-0.15, -0.1) is 0 Å². The molecule has 0 fully saturated rings. The molecule has 2 aromatic heterocycles. The van der Waals surface area contributed by atoms with Crippen molar-refractivity contribution >= 4 is 5.91 Å². The summed E-state index contributed by atoms with van der Waals surface area (Å²) in [5.74, 6) is 0.675. The first-order valence-electron chi connectivity index (χ1n) is 9.74. The molecule has 3 aromatic rings. The number of rotatable bonds is 7. The van der Waals surface area contributed by atoms with Gasteiger partial charge in [-0.25, -0.2) is 4.68 Å². The van der Waals surface area contributed by atoms with Crippen molar-refractivity contribution in [1.82, 2.24) is 20.1 Å². The first-order chi connectivity index (χ1) is 13.5. The van der Waals surface area contributed by atoms with Crippen LogP contribution in [0, 0.1) is 19.8 Å². The predicted octanol–water partition coefficient (Wildman–Crippen LogP) is 3.98. The van der Waals surface area contributed by atoms with E-state index in [1.807, 2.05) is 61.1 Å². The first-order valence-corrected chi connectivity index (χ1v) is 9.74. The molecule has 28 heavy (non-hydrogen) atoms. The Morgan fingerprint density at radius 2 is 1.86 bits per heavy atom. The number of carbonyl (C=O) groups is 1. The molecule has 1 atom stereocenters. The van der Waals surface area contributed by atoms with E-state index < -0.39 is 0 Å². The Kier molecular flexibility index (Phi) is 6.24. The topological polar surface area (TPSA) is 59.8 Å². The van der Waals surface area contributed by atoms with Gasteiger partial charge in [-0.05, 0) is 43.5 Å². The number of benzene rings is 1. The smallest absolute Gasteiger partial charge is 0.224 e. The standard InChI is InChI=1S/C23H28N4O/c1-16(2)22(19-9-8-12-24-14-19)15-25-23(28)13-21-17(3)26-27(18(21)4)20-10-6-5-7-11-20/h5-12,14,16,22H,13,15H2,1-4H3,(H,25,28). The maximum absolute atomic E-state index is 12.7. The molecule has 146 valence electrons. The fraction of sp³-hybridized carbons (Fsp3) is 0.348. The molecule has 0 radical (unpaired) electrons. The van der Waals surface area contributed by atoms with Crippen molar-refractivity contribution in [2.24, 2.45) is 5.92 Å². The molecule has 1 N–H and O–H groups in total. The lowest BCUT2D eigenvalue weighted by Gasteiger charge is -2.21. The van der Waals surface area contributed by atoms with E-state index >= 15 is 0 Å². The summed E-state index contributed by atoms with van der Waals surface area (Å²) in [6, 6.07) is 14.0. The number of hydrogen-bond acceptors (Lipinski definition) is 3. The molecule has 0 bridgehead atoms. The summed E-state index contributed by atoms with van der Waals surface area (Å²) in [5.41, 5.74) is 5.05. The van der Waals surface area contributed by atoms with Crippen molar-refractivity contribution in [2.45, 2.75) is 40.0 Å². The maximum Gasteiger partial charge on any atom is 0.224 e. The highest BCUT2D eigenvalue weighted by molar-refractivity contribution is 5.79. The number of pyridine rings is 1. The van der Waals surface area contributed by atoms with Crippen molar-refractivity contribution in [3.05, 3.63) is 77.4 Å². The van der Waals surface area contributed by atoms with Crippen molar-refractivity contribution in [3.8, 4) is 5.69 Å². The van der Waals surface area contributed by atoms with E-state index in [1.54, 1.807) is 6.20 Å². The van der Waals surface area contributed by atoms with Gasteiger partial charge in [0.2, 0.25) is 5.91 Å². The highest BCUT2D eigenvalue weighted by atomic mass is 16.1. The molecule has 0 aliphatic rings. The molecule has 5 heteroatoms. The summed E-state index contributed by atoms with van der Waals surface area (Å²) in [4.78, 5) is 16.9. The van der Waals surface area contributed by atoms with Gasteiger partial charge < -0.3 is 5.32 Å². The molecule has 0 aliphatic heterocycles. The third-order valence-electron chi connectivity index (χ3n) is 5.22. The molecule has 0 spiro atoms. The monoisotopic (exact) mass is 376 g/mol. The van der Waals surface area contributed by atoms with Gasteiger partial charge in [-0.2, -0.15) is 5.10 Å². The van der Waals surface area contributed by atoms with Crippen LogP contribution in [0.3, 0.4) is 0 Å². The van der Waals surface area contributed by atoms with E-state index in [2.05, 4.69) is 35.3 Å². The lowest BCUT2D eigenvalue weighted by molar-refractivity contribution is -0.120. The maximum atomic E-state index is 12.7. The van der Waals surface area contributed by atoms with Gasteiger partial charge in [0, 0.05) is 36.1 Å². The zero-order chi connectivity index (χ0) is 20.1. The highest BCUT2D eigenvalue weighted by Crippen LogP contribution is 2.23. The van der Waals surface area contributed by atoms with Crippen molar-refractivity contribution < 1.29 is 4.79 Å². The van der Waals surface area contributed by atoms with Crippen LogP contribution in [0.4, 0.5) is 0 Å². The highest BCUT2D eigenvalue weighted by Gasteiger charge is 2.19. The number of nitrogens with one attached hydrogen (secondary N) is 1. The quantitative estimate of drug-likeness (QED) is 0.678. The molecule has 2 heterocycles. The number of para-hydroxylation sites is 1. The van der Waals surface area contributed by atoms with Crippen LogP contribution in [0.2, 0.25) is 0 Å². The molecule has 0 aliphatic carbocycles. The van der Waals surface area contributed by atoms with Gasteiger partial charge >= 0.3 is 0 Å². The summed E-state index contributed by atoms with van der Waals surface area (Å²) in [5, 5.41) is 7.74. The van der Waals surface area contributed by atoms with Gasteiger partial charge in [0.25, 0.3) is 0 Å². The number of carbonyl (C=O) groups excluding carboxylic acids is 1. The summed E-state index contributed by atoms with van der Waals surface area (Å²) in [7, 11) is 0. The van der Waals surface area contributed by atoms with Gasteiger partial charge in [0.05, 0.1) is 17.8 Å². The minimum absolute atomic E-state index is 0.0216. The summed E-state index contributed by atoms with van der Waals surface area (Å²) < 4.78 is 1.91. The summed E-state index contributed by atoms with van der Waals surface area (Å²) >= 11 is 0. The van der Waals surface area contributed by atoms with Crippen LogP contribution in [-0.4, -0.2) is 27.2 Å². The molecule has 0 saturated heterocycles. The number of aromatic nitrogens is 3. The van der Waals surface area contributed by atoms with Crippen LogP contribution in [-0.2, 0) is 11.2 Å². The molecule has 0 saturated carbocycles. The van der Waals surface area contributed by atoms with Crippen LogP contribution in [0.15, 0.2) is 54.9 Å². The second-order valence-electron chi connectivity index (χ2n) is 7.51. The number of nitrogens with zero attached hydrogens (tertiary/aromatic N) is 3. The second-order valence-corrected chi connectivity index (χ2v) is 7.51. The summed E-state index contributed by atoms with van der Waals surface area (Å²) in [6.07, 6.45) is 3.99. The Bertz CT molecular complexity index is 917. The SMILES string of the molecule is Cc1nn(-c2ccccc2)c(C)c1CC(=O)NCC(c1cccnc1)C(C)C. The normalized spacial score (nSPS) is 12.2. The van der Waals surface area contributed by atoms with Crippen molar-refractivity contribution in [2.75, 3.05) is 6.54 Å². The number of aryl methyl sites for hydroxylation is 1. The van der Waals surface area contributed by atoms with Crippen LogP contribution < -0.4 is 5.32 Å². The van der Waals surface area contributed by atoms with Crippen molar-refractivity contribution in [1.29, 1.82) is 0 Å². The number of amides is 1. The average Bonchev–Trinajstić information content (AvgIpc) is 2.97. The Morgan fingerprint density at radius 3 is 2.50 bits per heavy atom. The van der Waals surface area contributed by atoms with E-state index in [9.17, 15) is 4.79 Å². The Hall–Kier alpha value is -2.95. The Balaban J connectivity index is 1.69. The average molecular weight is 377 g/mol. The van der Waals surface area contributed by atoms with Gasteiger partial charge in [0.15, 0.2) is 0 Å². The lowest BCUT2D eigenvalue weighted by atomic mass is 9.89. The third-order valence-corrected chi connectivity index (χ3v) is 5.22. The predicted molar refractivity (Wildman–Crippen MR) is 112 cm³/mol. The van der Waals surface area contributed by atoms with Gasteiger partial charge in [-0.3, -0.25) is 9.78 Å². The number of hydrogen-bond donors (Lipinski definition) is 1. The molecule has 5 nitrogen and oxygen atoms in total. The van der Waals surface area contributed by atoms with Crippen LogP contribution in [0.5, 0.6) is 0 Å². The zero-order valence-corrected chi connectivity index (χ0v) is 17.0. The first kappa shape index (κ1) is 19.8. The Morgan fingerprint density at radius 1 is 1.11 bits per heavy atom. The van der Waals surface area contributed by atoms with Crippen LogP contribution >= 0.6 is 0 Å². The lowest BCUT2D eigenvalue weighted by Crippen LogP contribution is -2.31. The van der Waals surface area contributed by atoms with Crippen LogP contribution in [0.25, 0.3) is 5.69 Å². The second kappa shape index (κ2) is 8.83. The summed E-state index contributed by atoms with van der Waals surface area (Å²) in [6.45, 7) is 8.92. The molecular formula is C23H28N4O. The molecule has 1 amide bonds. The molecule has 1 unspecified atom stereocenters. The fourth-order valence-electron chi connectivity index (χ4n) is 3.53. The third kappa shape index (κ3) is 4.47. The molecule has 1 aromatic carbocycles. The van der Waals surface area contributed by atoms with E-state index in [4.69, 9.17) is 0 Å². The minimum atomic E-state index is 0.0216. The molecular weight excluding hydrogens is 348 g/mol. The van der Waals surface area contributed by atoms with Gasteiger partial charge in [-0.1, -0.05) is 38.1 Å². The largest absolute Gasteiger partial charge is 0.355 e. The zero-order valence-electron chi connectivity index (χ0n) is 17.0. The van der Waals surface area contributed by atoms with E-state index in [1.165, 1.54) is 0 Å². The fourth-order valence-corrected chi connectivity index (χ4v) is 3.53. The molecule has 3 rings (SSSR count). The van der Waals surface area contributed by atoms with E-state index in [0.29, 0.717) is 18.9 Å². The van der Waals surface area contributed by atoms with Gasteiger partial charge in [0.1, 0.15) is 0 Å². The minimum Gasteiger partial charge on any atom is -0.355 e. The van der Waals surface area contributed by atoms with E-state index in [-0.39, 0.29) is 11.8 Å².